The molecule has 4 heterocycles. The quantitative estimate of drug-likeness (QED) is 0.0726. The summed E-state index contributed by atoms with van der Waals surface area (Å²) in [6, 6.07) is 0. The summed E-state index contributed by atoms with van der Waals surface area (Å²) in [5.41, 5.74) is -1.94. The highest BCUT2D eigenvalue weighted by Gasteiger charge is 2.91. The van der Waals surface area contributed by atoms with Crippen LogP contribution in [-0.4, -0.2) is 180 Å². The van der Waals surface area contributed by atoms with Crippen molar-refractivity contribution >= 4 is 17.7 Å². The Morgan fingerprint density at radius 1 is 0.686 bits per heavy atom. The molecular formula is C51H78O19. The number of methoxy groups -OCH3 is 2. The fraction of sp³-hybridized carbons (Fsp3) is 0.863. The van der Waals surface area contributed by atoms with Gasteiger partial charge in [0.1, 0.15) is 78.0 Å². The van der Waals surface area contributed by atoms with Crippen LogP contribution in [0.1, 0.15) is 114 Å². The standard InChI is InChI=1S/C51H78O19/c1-12-23(3)44(58)66-41-42-48(8)17-15-29(20-28(48)14-18-50(42)51(70-50)19-16-30(25(5)53)49(51,9)43(41)69-45(59)24(4)13-2)64-33-21-31(60-10)38(26(6)62-33)67-47-37(57)40(61-11)39(27(7)63-47)68-46-36(56)35(55)34(54)32(22-52)65-46/h12-13,26-43,46-47,52,54-57H,14-22H2,1-11H3/b23-12+,24-13-/t26-,27-,28?,29+,30?,31+,32-,33+,34-,35+,36-,37-,38-,39-,40+,41?,42?,43?,46+,47+,48?,49?,50?,51?/m1/s1. The molecule has 4 saturated carbocycles. The molecule has 5 N–H and O–H groups in total. The molecule has 0 bridgehead atoms. The Morgan fingerprint density at radius 2 is 1.33 bits per heavy atom. The van der Waals surface area contributed by atoms with Crippen LogP contribution in [0.15, 0.2) is 23.3 Å². The molecule has 8 aliphatic rings. The fourth-order valence-electron chi connectivity index (χ4n) is 14.3. The van der Waals surface area contributed by atoms with E-state index in [0.29, 0.717) is 56.1 Å². The van der Waals surface area contributed by atoms with E-state index in [-0.39, 0.29) is 23.7 Å². The van der Waals surface area contributed by atoms with Crippen molar-refractivity contribution in [2.45, 2.75) is 229 Å². The number of fused-ring (bicyclic) bond motifs is 2. The molecule has 4 saturated heterocycles. The molecule has 0 amide bonds. The van der Waals surface area contributed by atoms with Crippen molar-refractivity contribution in [1.29, 1.82) is 0 Å². The highest BCUT2D eigenvalue weighted by Crippen LogP contribution is 2.81. The van der Waals surface area contributed by atoms with Crippen LogP contribution >= 0.6 is 0 Å². The number of ether oxygens (including phenoxy) is 11. The van der Waals surface area contributed by atoms with Crippen LogP contribution in [0.2, 0.25) is 0 Å². The minimum atomic E-state index is -1.67. The van der Waals surface area contributed by atoms with Gasteiger partial charge in [0.05, 0.1) is 31.0 Å². The molecule has 0 aromatic carbocycles. The van der Waals surface area contributed by atoms with Crippen molar-refractivity contribution in [1.82, 2.24) is 0 Å². The predicted octanol–water partition coefficient (Wildman–Crippen LogP) is 2.71. The smallest absolute Gasteiger partial charge is 0.333 e. The zero-order valence-electron chi connectivity index (χ0n) is 42.5. The van der Waals surface area contributed by atoms with E-state index in [2.05, 4.69) is 6.92 Å². The molecule has 8 rings (SSSR count). The number of ketones is 1. The summed E-state index contributed by atoms with van der Waals surface area (Å²) in [6.07, 6.45) is -9.15. The third-order valence-corrected chi connectivity index (χ3v) is 18.4. The zero-order valence-corrected chi connectivity index (χ0v) is 42.5. The maximum atomic E-state index is 13.9. The van der Waals surface area contributed by atoms with Crippen LogP contribution in [0, 0.1) is 28.6 Å². The minimum Gasteiger partial charge on any atom is -0.455 e. The first-order chi connectivity index (χ1) is 33.1. The molecule has 0 aromatic rings. The van der Waals surface area contributed by atoms with E-state index in [1.54, 1.807) is 60.8 Å². The van der Waals surface area contributed by atoms with Crippen molar-refractivity contribution in [2.75, 3.05) is 20.8 Å². The van der Waals surface area contributed by atoms with Gasteiger partial charge in [-0.2, -0.15) is 0 Å². The van der Waals surface area contributed by atoms with E-state index in [1.165, 1.54) is 7.11 Å². The molecular weight excluding hydrogens is 917 g/mol. The van der Waals surface area contributed by atoms with E-state index in [4.69, 9.17) is 52.1 Å². The van der Waals surface area contributed by atoms with Crippen LogP contribution in [0.25, 0.3) is 0 Å². The maximum Gasteiger partial charge on any atom is 0.333 e. The van der Waals surface area contributed by atoms with Gasteiger partial charge in [-0.05, 0) is 105 Å². The molecule has 19 nitrogen and oxygen atoms in total. The largest absolute Gasteiger partial charge is 0.455 e. The van der Waals surface area contributed by atoms with Crippen LogP contribution in [-0.2, 0) is 66.5 Å². The summed E-state index contributed by atoms with van der Waals surface area (Å²) >= 11 is 0. The first-order valence-electron chi connectivity index (χ1n) is 25.3. The SMILES string of the molecule is C/C=C(/C)C(=O)OC1C(OC(=O)/C(C)=C/C)C2C3(C)CC[C@H](O[C@H]4C[C@H](OC)[C@H](O[C@@H]5O[C@H](C)[C@@H](O[C@@H]6O[C@H](CO)[C@@H](O)[C@H](O)[C@H]6O)[C@@H](OC)[C@H]5O)[C@@H](C)O4)CC3CCC23OC32CCC(C(C)=O)C12C. The third-order valence-electron chi connectivity index (χ3n) is 18.4. The van der Waals surface area contributed by atoms with Crippen LogP contribution < -0.4 is 0 Å². The van der Waals surface area contributed by atoms with Crippen molar-refractivity contribution in [2.24, 2.45) is 28.6 Å². The third kappa shape index (κ3) is 8.66. The van der Waals surface area contributed by atoms with E-state index in [9.17, 15) is 39.9 Å². The highest BCUT2D eigenvalue weighted by molar-refractivity contribution is 5.89. The van der Waals surface area contributed by atoms with Gasteiger partial charge in [-0.15, -0.1) is 0 Å². The number of carbonyl (C=O) groups excluding carboxylic acids is 3. The first-order valence-corrected chi connectivity index (χ1v) is 25.3. The van der Waals surface area contributed by atoms with Gasteiger partial charge in [-0.1, -0.05) is 26.0 Å². The monoisotopic (exact) mass is 995 g/mol. The topological polar surface area (TPSA) is 257 Å². The van der Waals surface area contributed by atoms with Crippen molar-refractivity contribution in [3.8, 4) is 0 Å². The lowest BCUT2D eigenvalue weighted by Gasteiger charge is -2.61. The number of aliphatic hydroxyl groups excluding tert-OH is 5. The average Bonchev–Trinajstić information content (AvgIpc) is 3.88. The summed E-state index contributed by atoms with van der Waals surface area (Å²) in [6.45, 7) is 15.7. The van der Waals surface area contributed by atoms with Gasteiger partial charge >= 0.3 is 11.9 Å². The summed E-state index contributed by atoms with van der Waals surface area (Å²) in [7, 11) is 2.94. The second-order valence-corrected chi connectivity index (χ2v) is 21.8. The summed E-state index contributed by atoms with van der Waals surface area (Å²) in [4.78, 5) is 41.3. The molecule has 2 spiro atoms. The number of carbonyl (C=O) groups is 3. The maximum absolute atomic E-state index is 13.9. The van der Waals surface area contributed by atoms with Crippen molar-refractivity contribution in [3.63, 3.8) is 0 Å². The van der Waals surface area contributed by atoms with E-state index < -0.39 is 145 Å². The van der Waals surface area contributed by atoms with Crippen LogP contribution in [0.5, 0.6) is 0 Å². The highest BCUT2D eigenvalue weighted by atomic mass is 16.8. The Balaban J connectivity index is 0.962. The molecule has 4 aliphatic carbocycles. The lowest BCUT2D eigenvalue weighted by atomic mass is 9.43. The number of esters is 2. The Hall–Kier alpha value is -2.47. The predicted molar refractivity (Wildman–Crippen MR) is 244 cm³/mol. The van der Waals surface area contributed by atoms with Crippen LogP contribution in [0.3, 0.4) is 0 Å². The van der Waals surface area contributed by atoms with Gasteiger partial charge in [-0.25, -0.2) is 9.59 Å². The number of Topliss-reactive ketones (excluding diaryl/α,β-unsaturated/α-hetero) is 1. The molecule has 70 heavy (non-hydrogen) atoms. The number of allylic oxidation sites excluding steroid dienone is 2. The second-order valence-electron chi connectivity index (χ2n) is 21.8. The van der Waals surface area contributed by atoms with E-state index in [0.717, 1.165) is 6.42 Å². The summed E-state index contributed by atoms with van der Waals surface area (Å²) in [5, 5.41) is 52.4. The molecule has 9 unspecified atom stereocenters. The minimum absolute atomic E-state index is 0.00192. The van der Waals surface area contributed by atoms with Gasteiger partial charge in [0, 0.05) is 49.0 Å². The number of aliphatic hydroxyl groups is 5. The fourth-order valence-corrected chi connectivity index (χ4v) is 14.3. The lowest BCUT2D eigenvalue weighted by Crippen LogP contribution is -2.70. The van der Waals surface area contributed by atoms with Gasteiger partial charge in [-0.3, -0.25) is 4.79 Å². The molecule has 396 valence electrons. The molecule has 0 aromatic heterocycles. The molecule has 0 radical (unpaired) electrons. The van der Waals surface area contributed by atoms with E-state index >= 15 is 0 Å². The normalized spacial score (nSPS) is 50.2. The van der Waals surface area contributed by atoms with Gasteiger partial charge in [0.25, 0.3) is 0 Å². The number of hydrogen-bond acceptors (Lipinski definition) is 19. The van der Waals surface area contributed by atoms with Crippen molar-refractivity contribution < 1.29 is 92.0 Å². The Kier molecular flexibility index (Phi) is 15.6. The molecule has 19 heteroatoms. The Bertz CT molecular complexity index is 1990. The summed E-state index contributed by atoms with van der Waals surface area (Å²) in [5.74, 6) is -1.70. The number of epoxide rings is 1. The van der Waals surface area contributed by atoms with Crippen molar-refractivity contribution in [3.05, 3.63) is 23.3 Å². The summed E-state index contributed by atoms with van der Waals surface area (Å²) < 4.78 is 69.5. The Morgan fingerprint density at radius 3 is 1.96 bits per heavy atom. The second kappa shape index (κ2) is 20.3. The van der Waals surface area contributed by atoms with Gasteiger partial charge in [0.15, 0.2) is 18.9 Å². The molecule has 24 atom stereocenters. The zero-order chi connectivity index (χ0) is 51.0. The first kappa shape index (κ1) is 53.8. The number of hydrogen-bond donors (Lipinski definition) is 5. The average molecular weight is 995 g/mol. The number of rotatable bonds is 14. The Labute approximate surface area is 410 Å². The van der Waals surface area contributed by atoms with Crippen LogP contribution in [0.4, 0.5) is 0 Å². The van der Waals surface area contributed by atoms with Gasteiger partial charge < -0.3 is 77.6 Å². The molecule has 4 aliphatic heterocycles. The molecule has 8 fully saturated rings. The van der Waals surface area contributed by atoms with E-state index in [1.807, 2.05) is 13.8 Å². The lowest BCUT2D eigenvalue weighted by molar-refractivity contribution is -0.371. The van der Waals surface area contributed by atoms with Gasteiger partial charge in [0.2, 0.25) is 0 Å².